The Bertz CT molecular complexity index is 308. The minimum atomic E-state index is -0.234. The van der Waals surface area contributed by atoms with Crippen LogP contribution in [0.15, 0.2) is 30.3 Å². The van der Waals surface area contributed by atoms with Crippen LogP contribution in [0.5, 0.6) is 0 Å². The minimum Gasteiger partial charge on any atom is -0.281 e. The summed E-state index contributed by atoms with van der Waals surface area (Å²) in [6, 6.07) is 8.80. The fourth-order valence-corrected chi connectivity index (χ4v) is 1.19. The number of nitrogens with zero attached hydrogens (tertiary/aromatic N) is 1. The summed E-state index contributed by atoms with van der Waals surface area (Å²) < 4.78 is 0. The van der Waals surface area contributed by atoms with Crippen LogP contribution in [0.25, 0.3) is 0 Å². The Morgan fingerprint density at radius 2 is 2.00 bits per heavy atom. The van der Waals surface area contributed by atoms with Gasteiger partial charge < -0.3 is 0 Å². The van der Waals surface area contributed by atoms with Crippen molar-refractivity contribution in [2.45, 2.75) is 13.3 Å². The van der Waals surface area contributed by atoms with Crippen molar-refractivity contribution in [1.29, 1.82) is 0 Å². The molecule has 0 saturated heterocycles. The summed E-state index contributed by atoms with van der Waals surface area (Å²) in [6.45, 7) is 2.39. The van der Waals surface area contributed by atoms with E-state index in [0.717, 1.165) is 6.42 Å². The smallest absolute Gasteiger partial charge is 0.260 e. The van der Waals surface area contributed by atoms with Crippen LogP contribution in [0.1, 0.15) is 23.7 Å². The summed E-state index contributed by atoms with van der Waals surface area (Å²) in [5.74, 6) is -0.234. The first kappa shape index (κ1) is 10.4. The first-order chi connectivity index (χ1) is 6.79. The number of hydrogen-bond acceptors (Lipinski definition) is 2. The number of benzene rings is 1. The maximum absolute atomic E-state index is 11.7. The van der Waals surface area contributed by atoms with Gasteiger partial charge in [0.25, 0.3) is 5.91 Å². The topological polar surface area (TPSA) is 37.4 Å². The molecule has 2 amide bonds. The number of hydrogen-bond donors (Lipinski definition) is 0. The highest BCUT2D eigenvalue weighted by Crippen LogP contribution is 2.03. The van der Waals surface area contributed by atoms with Crippen molar-refractivity contribution in [3.63, 3.8) is 0 Å². The Kier molecular flexibility index (Phi) is 3.85. The summed E-state index contributed by atoms with van der Waals surface area (Å²) in [4.78, 5) is 23.5. The van der Waals surface area contributed by atoms with Crippen LogP contribution in [-0.2, 0) is 4.79 Å². The molecule has 0 spiro atoms. The number of carbonyl (C=O) groups excluding carboxylic acids is 2. The normalized spacial score (nSPS) is 9.50. The molecule has 0 aliphatic rings. The van der Waals surface area contributed by atoms with Crippen LogP contribution >= 0.6 is 0 Å². The Hall–Kier alpha value is -1.64. The van der Waals surface area contributed by atoms with E-state index in [-0.39, 0.29) is 5.91 Å². The lowest BCUT2D eigenvalue weighted by molar-refractivity contribution is -0.116. The van der Waals surface area contributed by atoms with Gasteiger partial charge in [0.2, 0.25) is 6.41 Å². The van der Waals surface area contributed by atoms with Crippen molar-refractivity contribution in [3.8, 4) is 0 Å². The van der Waals surface area contributed by atoms with E-state index in [1.807, 2.05) is 13.0 Å². The molecule has 1 aromatic carbocycles. The predicted octanol–water partition coefficient (Wildman–Crippen LogP) is 1.70. The second kappa shape index (κ2) is 5.17. The molecule has 0 heterocycles. The molecule has 0 aromatic heterocycles. The van der Waals surface area contributed by atoms with Gasteiger partial charge in [-0.15, -0.1) is 0 Å². The van der Waals surface area contributed by atoms with E-state index < -0.39 is 0 Å². The van der Waals surface area contributed by atoms with Gasteiger partial charge in [0.05, 0.1) is 0 Å². The maximum Gasteiger partial charge on any atom is 0.260 e. The van der Waals surface area contributed by atoms with Crippen molar-refractivity contribution < 1.29 is 9.59 Å². The molecular weight excluding hydrogens is 178 g/mol. The predicted molar refractivity (Wildman–Crippen MR) is 53.8 cm³/mol. The van der Waals surface area contributed by atoms with Gasteiger partial charge in [-0.1, -0.05) is 25.1 Å². The van der Waals surface area contributed by atoms with Crippen molar-refractivity contribution in [2.24, 2.45) is 0 Å². The standard InChI is InChI=1S/C11H13NO2/c1-2-8-12(9-13)11(14)10-6-4-3-5-7-10/h3-7,9H,2,8H2,1H3. The molecule has 0 aliphatic heterocycles. The third kappa shape index (κ3) is 2.42. The van der Waals surface area contributed by atoms with Gasteiger partial charge in [-0.05, 0) is 18.6 Å². The van der Waals surface area contributed by atoms with Crippen LogP contribution in [0.4, 0.5) is 0 Å². The first-order valence-electron chi connectivity index (χ1n) is 4.61. The van der Waals surface area contributed by atoms with Crippen molar-refractivity contribution >= 4 is 12.3 Å². The fourth-order valence-electron chi connectivity index (χ4n) is 1.19. The lowest BCUT2D eigenvalue weighted by atomic mass is 10.2. The second-order valence-electron chi connectivity index (χ2n) is 2.97. The summed E-state index contributed by atoms with van der Waals surface area (Å²) in [7, 11) is 0. The van der Waals surface area contributed by atoms with Crippen molar-refractivity contribution in [3.05, 3.63) is 35.9 Å². The average Bonchev–Trinajstić information content (AvgIpc) is 2.26. The summed E-state index contributed by atoms with van der Waals surface area (Å²) in [5.41, 5.74) is 0.549. The van der Waals surface area contributed by atoms with Gasteiger partial charge in [-0.3, -0.25) is 14.5 Å². The molecule has 0 radical (unpaired) electrons. The lowest BCUT2D eigenvalue weighted by Crippen LogP contribution is -2.30. The number of carbonyl (C=O) groups is 2. The molecule has 0 bridgehead atoms. The molecular formula is C11H13NO2. The number of imide groups is 1. The largest absolute Gasteiger partial charge is 0.281 e. The second-order valence-corrected chi connectivity index (χ2v) is 2.97. The van der Waals surface area contributed by atoms with Gasteiger partial charge in [0, 0.05) is 12.1 Å². The highest BCUT2D eigenvalue weighted by atomic mass is 16.2. The highest BCUT2D eigenvalue weighted by Gasteiger charge is 2.12. The molecule has 1 aromatic rings. The first-order valence-corrected chi connectivity index (χ1v) is 4.61. The molecule has 0 atom stereocenters. The molecule has 3 nitrogen and oxygen atoms in total. The Morgan fingerprint density at radius 3 is 2.50 bits per heavy atom. The van der Waals surface area contributed by atoms with Crippen LogP contribution in [0.3, 0.4) is 0 Å². The Morgan fingerprint density at radius 1 is 1.36 bits per heavy atom. The van der Waals surface area contributed by atoms with E-state index in [2.05, 4.69) is 0 Å². The third-order valence-corrected chi connectivity index (χ3v) is 1.87. The van der Waals surface area contributed by atoms with E-state index in [4.69, 9.17) is 0 Å². The molecule has 0 aliphatic carbocycles. The monoisotopic (exact) mass is 191 g/mol. The van der Waals surface area contributed by atoms with Gasteiger partial charge in [0.1, 0.15) is 0 Å². The fraction of sp³-hybridized carbons (Fsp3) is 0.273. The zero-order chi connectivity index (χ0) is 10.4. The molecule has 14 heavy (non-hydrogen) atoms. The quantitative estimate of drug-likeness (QED) is 0.679. The van der Waals surface area contributed by atoms with Crippen molar-refractivity contribution in [2.75, 3.05) is 6.54 Å². The zero-order valence-corrected chi connectivity index (χ0v) is 8.14. The molecule has 0 saturated carbocycles. The molecule has 0 fully saturated rings. The summed E-state index contributed by atoms with van der Waals surface area (Å²) >= 11 is 0. The molecule has 3 heteroatoms. The van der Waals surface area contributed by atoms with Crippen molar-refractivity contribution in [1.82, 2.24) is 4.90 Å². The average molecular weight is 191 g/mol. The Labute approximate surface area is 83.3 Å². The van der Waals surface area contributed by atoms with E-state index in [0.29, 0.717) is 18.5 Å². The highest BCUT2D eigenvalue weighted by molar-refractivity contribution is 5.99. The van der Waals surface area contributed by atoms with Gasteiger partial charge in [-0.2, -0.15) is 0 Å². The van der Waals surface area contributed by atoms with Crippen LogP contribution in [0.2, 0.25) is 0 Å². The Balaban J connectivity index is 2.78. The zero-order valence-electron chi connectivity index (χ0n) is 8.14. The van der Waals surface area contributed by atoms with Crippen LogP contribution < -0.4 is 0 Å². The van der Waals surface area contributed by atoms with Gasteiger partial charge >= 0.3 is 0 Å². The van der Waals surface area contributed by atoms with Gasteiger partial charge in [0.15, 0.2) is 0 Å². The number of amides is 2. The lowest BCUT2D eigenvalue weighted by Gasteiger charge is -2.13. The summed E-state index contributed by atoms with van der Waals surface area (Å²) in [6.07, 6.45) is 1.36. The van der Waals surface area contributed by atoms with E-state index in [9.17, 15) is 9.59 Å². The van der Waals surface area contributed by atoms with E-state index >= 15 is 0 Å². The van der Waals surface area contributed by atoms with Crippen LogP contribution in [-0.4, -0.2) is 23.8 Å². The van der Waals surface area contributed by atoms with Crippen LogP contribution in [0, 0.1) is 0 Å². The minimum absolute atomic E-state index is 0.234. The summed E-state index contributed by atoms with van der Waals surface area (Å²) in [5, 5.41) is 0. The molecule has 1 rings (SSSR count). The molecule has 0 N–H and O–H groups in total. The third-order valence-electron chi connectivity index (χ3n) is 1.87. The molecule has 74 valence electrons. The van der Waals surface area contributed by atoms with E-state index in [1.165, 1.54) is 4.90 Å². The van der Waals surface area contributed by atoms with E-state index in [1.54, 1.807) is 24.3 Å². The molecule has 0 unspecified atom stereocenters. The van der Waals surface area contributed by atoms with Gasteiger partial charge in [-0.25, -0.2) is 0 Å². The SMILES string of the molecule is CCCN(C=O)C(=O)c1ccccc1. The number of rotatable bonds is 4. The maximum atomic E-state index is 11.7.